The summed E-state index contributed by atoms with van der Waals surface area (Å²) < 4.78 is 24.2. The highest BCUT2D eigenvalue weighted by molar-refractivity contribution is 5.61. The molecular weight excluding hydrogens is 254 g/mol. The van der Waals surface area contributed by atoms with Crippen molar-refractivity contribution < 1.29 is 13.9 Å². The number of aliphatic hydroxyl groups is 1. The lowest BCUT2D eigenvalue weighted by Gasteiger charge is -2.10. The number of nitrogens with zero attached hydrogens (tertiary/aromatic N) is 2. The van der Waals surface area contributed by atoms with Gasteiger partial charge in [0, 0.05) is 36.6 Å². The highest BCUT2D eigenvalue weighted by atomic mass is 19.3. The van der Waals surface area contributed by atoms with Crippen LogP contribution in [0.3, 0.4) is 0 Å². The van der Waals surface area contributed by atoms with Gasteiger partial charge in [-0.2, -0.15) is 5.10 Å². The first-order valence-electron chi connectivity index (χ1n) is 5.78. The van der Waals surface area contributed by atoms with Crippen LogP contribution in [-0.4, -0.2) is 39.4 Å². The van der Waals surface area contributed by atoms with Gasteiger partial charge in [-0.15, -0.1) is 0 Å². The van der Waals surface area contributed by atoms with Crippen LogP contribution in [0.25, 0.3) is 11.3 Å². The number of aromatic nitrogens is 3. The molecule has 0 bridgehead atoms. The van der Waals surface area contributed by atoms with Crippen molar-refractivity contribution >= 4 is 0 Å². The summed E-state index contributed by atoms with van der Waals surface area (Å²) in [5.41, 5.74) is 2.48. The highest BCUT2D eigenvalue weighted by Gasteiger charge is 2.16. The molecule has 2 aromatic rings. The Hall–Kier alpha value is -1.86. The van der Waals surface area contributed by atoms with Crippen molar-refractivity contribution in [2.75, 3.05) is 6.54 Å². The van der Waals surface area contributed by atoms with E-state index < -0.39 is 12.5 Å². The number of rotatable bonds is 6. The van der Waals surface area contributed by atoms with E-state index in [1.165, 1.54) is 0 Å². The van der Waals surface area contributed by atoms with E-state index in [4.69, 9.17) is 5.11 Å². The monoisotopic (exact) mass is 268 g/mol. The molecule has 0 radical (unpaired) electrons. The molecule has 0 aliphatic heterocycles. The first-order valence-corrected chi connectivity index (χ1v) is 5.78. The standard InChI is InChI=1S/C12H14F2N4O/c13-12(14)10(19)7-16-5-9-6-17-18-11(9)8-2-1-3-15-4-8/h1-4,6,10,12,16,19H,5,7H2,(H,17,18). The van der Waals surface area contributed by atoms with Crippen molar-refractivity contribution in [2.45, 2.75) is 19.1 Å². The Kier molecular flexibility index (Phi) is 4.53. The van der Waals surface area contributed by atoms with E-state index in [9.17, 15) is 8.78 Å². The molecule has 1 unspecified atom stereocenters. The maximum absolute atomic E-state index is 12.1. The predicted molar refractivity (Wildman–Crippen MR) is 65.5 cm³/mol. The average molecular weight is 268 g/mol. The number of aliphatic hydroxyl groups excluding tert-OH is 1. The summed E-state index contributed by atoms with van der Waals surface area (Å²) in [6.07, 6.45) is 0.565. The van der Waals surface area contributed by atoms with Crippen molar-refractivity contribution in [2.24, 2.45) is 0 Å². The van der Waals surface area contributed by atoms with Crippen molar-refractivity contribution in [3.05, 3.63) is 36.3 Å². The van der Waals surface area contributed by atoms with Crippen LogP contribution in [0.1, 0.15) is 5.56 Å². The predicted octanol–water partition coefficient (Wildman–Crippen LogP) is 1.19. The number of alkyl halides is 2. The fraction of sp³-hybridized carbons (Fsp3) is 0.333. The van der Waals surface area contributed by atoms with E-state index in [1.807, 2.05) is 6.07 Å². The Morgan fingerprint density at radius 2 is 2.21 bits per heavy atom. The van der Waals surface area contributed by atoms with E-state index in [0.29, 0.717) is 6.54 Å². The lowest BCUT2D eigenvalue weighted by molar-refractivity contribution is -0.00340. The zero-order valence-electron chi connectivity index (χ0n) is 10.1. The second-order valence-corrected chi connectivity index (χ2v) is 4.04. The van der Waals surface area contributed by atoms with E-state index in [1.54, 1.807) is 24.7 Å². The second-order valence-electron chi connectivity index (χ2n) is 4.04. The summed E-state index contributed by atoms with van der Waals surface area (Å²) in [6.45, 7) is 0.167. The minimum absolute atomic E-state index is 0.171. The molecule has 0 aromatic carbocycles. The smallest absolute Gasteiger partial charge is 0.265 e. The lowest BCUT2D eigenvalue weighted by atomic mass is 10.1. The number of pyridine rings is 1. The highest BCUT2D eigenvalue weighted by Crippen LogP contribution is 2.19. The van der Waals surface area contributed by atoms with Gasteiger partial charge in [-0.3, -0.25) is 10.1 Å². The van der Waals surface area contributed by atoms with E-state index in [-0.39, 0.29) is 6.54 Å². The third-order valence-corrected chi connectivity index (χ3v) is 2.63. The molecule has 2 aromatic heterocycles. The Labute approximate surface area is 108 Å². The molecule has 0 amide bonds. The maximum atomic E-state index is 12.1. The maximum Gasteiger partial charge on any atom is 0.265 e. The molecule has 0 aliphatic carbocycles. The fourth-order valence-corrected chi connectivity index (χ4v) is 1.65. The number of halogens is 2. The van der Waals surface area contributed by atoms with Gasteiger partial charge >= 0.3 is 0 Å². The molecule has 7 heteroatoms. The molecular formula is C12H14F2N4O. The molecule has 0 aliphatic rings. The average Bonchev–Trinajstić information content (AvgIpc) is 2.88. The molecule has 19 heavy (non-hydrogen) atoms. The summed E-state index contributed by atoms with van der Waals surface area (Å²) in [7, 11) is 0. The molecule has 2 heterocycles. The zero-order valence-corrected chi connectivity index (χ0v) is 10.1. The van der Waals surface area contributed by atoms with Crippen LogP contribution in [0.2, 0.25) is 0 Å². The first kappa shape index (κ1) is 13.6. The Morgan fingerprint density at radius 1 is 1.37 bits per heavy atom. The third kappa shape index (κ3) is 3.55. The number of hydrogen-bond donors (Lipinski definition) is 3. The molecule has 2 rings (SSSR count). The van der Waals surface area contributed by atoms with E-state index in [0.717, 1.165) is 16.8 Å². The van der Waals surface area contributed by atoms with Crippen molar-refractivity contribution in [3.63, 3.8) is 0 Å². The zero-order chi connectivity index (χ0) is 13.7. The second kappa shape index (κ2) is 6.35. The summed E-state index contributed by atoms with van der Waals surface area (Å²) in [5.74, 6) is 0. The number of hydrogen-bond acceptors (Lipinski definition) is 4. The van der Waals surface area contributed by atoms with Gasteiger partial charge in [0.25, 0.3) is 6.43 Å². The Bertz CT molecular complexity index is 503. The van der Waals surface area contributed by atoms with Gasteiger partial charge in [-0.1, -0.05) is 0 Å². The number of aromatic amines is 1. The quantitative estimate of drug-likeness (QED) is 0.735. The molecule has 0 spiro atoms. The number of nitrogens with one attached hydrogen (secondary N) is 2. The lowest BCUT2D eigenvalue weighted by Crippen LogP contribution is -2.31. The van der Waals surface area contributed by atoms with Gasteiger partial charge in [-0.25, -0.2) is 8.78 Å². The van der Waals surface area contributed by atoms with E-state index in [2.05, 4.69) is 20.5 Å². The first-order chi connectivity index (χ1) is 9.18. The largest absolute Gasteiger partial charge is 0.386 e. The third-order valence-electron chi connectivity index (χ3n) is 2.63. The number of H-pyrrole nitrogens is 1. The van der Waals surface area contributed by atoms with E-state index >= 15 is 0 Å². The van der Waals surface area contributed by atoms with Crippen LogP contribution < -0.4 is 5.32 Å². The summed E-state index contributed by atoms with van der Waals surface area (Å²) in [4.78, 5) is 4.01. The van der Waals surface area contributed by atoms with Gasteiger partial charge in [0.2, 0.25) is 0 Å². The molecule has 3 N–H and O–H groups in total. The van der Waals surface area contributed by atoms with Crippen LogP contribution in [0, 0.1) is 0 Å². The van der Waals surface area contributed by atoms with Crippen molar-refractivity contribution in [1.82, 2.24) is 20.5 Å². The van der Waals surface area contributed by atoms with Crippen LogP contribution in [-0.2, 0) is 6.54 Å². The van der Waals surface area contributed by atoms with Gasteiger partial charge in [-0.05, 0) is 12.1 Å². The summed E-state index contributed by atoms with van der Waals surface area (Å²) >= 11 is 0. The molecule has 0 saturated carbocycles. The summed E-state index contributed by atoms with van der Waals surface area (Å²) in [6, 6.07) is 3.67. The van der Waals surface area contributed by atoms with Crippen molar-refractivity contribution in [1.29, 1.82) is 0 Å². The Morgan fingerprint density at radius 3 is 2.89 bits per heavy atom. The molecule has 5 nitrogen and oxygen atoms in total. The molecule has 0 saturated heterocycles. The molecule has 1 atom stereocenters. The Balaban J connectivity index is 1.97. The minimum atomic E-state index is -2.74. The fourth-order valence-electron chi connectivity index (χ4n) is 1.65. The normalized spacial score (nSPS) is 12.8. The van der Waals surface area contributed by atoms with Gasteiger partial charge in [0.05, 0.1) is 11.9 Å². The van der Waals surface area contributed by atoms with Crippen LogP contribution in [0.15, 0.2) is 30.7 Å². The van der Waals surface area contributed by atoms with Gasteiger partial charge in [0.1, 0.15) is 6.10 Å². The van der Waals surface area contributed by atoms with Crippen LogP contribution in [0.4, 0.5) is 8.78 Å². The van der Waals surface area contributed by atoms with Crippen LogP contribution in [0.5, 0.6) is 0 Å². The SMILES string of the molecule is OC(CNCc1cn[nH]c1-c1cccnc1)C(F)F. The van der Waals surface area contributed by atoms with Gasteiger partial charge < -0.3 is 10.4 Å². The topological polar surface area (TPSA) is 73.8 Å². The summed E-state index contributed by atoms with van der Waals surface area (Å²) in [5, 5.41) is 18.5. The van der Waals surface area contributed by atoms with Crippen LogP contribution >= 0.6 is 0 Å². The van der Waals surface area contributed by atoms with Gasteiger partial charge in [0.15, 0.2) is 0 Å². The molecule has 102 valence electrons. The van der Waals surface area contributed by atoms with Crippen molar-refractivity contribution in [3.8, 4) is 11.3 Å². The minimum Gasteiger partial charge on any atom is -0.386 e. The molecule has 0 fully saturated rings.